The van der Waals surface area contributed by atoms with Crippen LogP contribution in [-0.2, 0) is 23.2 Å². The first-order chi connectivity index (χ1) is 19.7. The Morgan fingerprint density at radius 2 is 1.80 bits per heavy atom. The number of carbonyl (C=O) groups is 2. The molecule has 1 aliphatic heterocycles. The number of hydrogen-bond acceptors (Lipinski definition) is 7. The zero-order valence-corrected chi connectivity index (χ0v) is 25.1. The minimum atomic E-state index is -0.916. The Bertz CT molecular complexity index is 1620. The number of aromatic nitrogens is 2. The predicted octanol–water partition coefficient (Wildman–Crippen LogP) is 3.38. The number of aryl methyl sites for hydroxylation is 2. The second-order valence-corrected chi connectivity index (χ2v) is 11.0. The van der Waals surface area contributed by atoms with Gasteiger partial charge in [0.15, 0.2) is 12.2 Å². The van der Waals surface area contributed by atoms with Crippen LogP contribution in [0.1, 0.15) is 23.2 Å². The van der Waals surface area contributed by atoms with Gasteiger partial charge in [-0.05, 0) is 94.3 Å². The Morgan fingerprint density at radius 3 is 2.49 bits per heavy atom. The lowest BCUT2D eigenvalue weighted by atomic mass is 10.1. The van der Waals surface area contributed by atoms with E-state index in [9.17, 15) is 14.7 Å². The molecule has 1 unspecified atom stereocenters. The number of benzene rings is 3. The number of thiocarbonyl (C=S) groups is 1. The van der Waals surface area contributed by atoms with Crippen LogP contribution in [0, 0.1) is 10.5 Å². The number of amides is 2. The van der Waals surface area contributed by atoms with E-state index in [0.29, 0.717) is 22.6 Å². The Morgan fingerprint density at radius 1 is 1.12 bits per heavy atom. The largest absolute Gasteiger partial charge is 0.858 e. The van der Waals surface area contributed by atoms with Gasteiger partial charge in [0.05, 0.1) is 12.1 Å². The number of carbonyl (C=O) groups excluding carboxylic acids is 2. The highest BCUT2D eigenvalue weighted by Crippen LogP contribution is 2.30. The third kappa shape index (κ3) is 6.28. The number of hydrogen-bond donors (Lipinski definition) is 1. The molecule has 0 aliphatic carbocycles. The molecule has 1 saturated heterocycles. The van der Waals surface area contributed by atoms with Crippen LogP contribution in [-0.4, -0.2) is 39.0 Å². The second-order valence-electron chi connectivity index (χ2n) is 9.43. The van der Waals surface area contributed by atoms with Crippen LogP contribution < -0.4 is 20.0 Å². The summed E-state index contributed by atoms with van der Waals surface area (Å²) in [4.78, 5) is 34.1. The molecule has 1 fully saturated rings. The summed E-state index contributed by atoms with van der Waals surface area (Å²) in [6, 6.07) is 22.4. The van der Waals surface area contributed by atoms with Crippen molar-refractivity contribution in [1.82, 2.24) is 10.2 Å². The summed E-state index contributed by atoms with van der Waals surface area (Å²) in [6.45, 7) is 1.97. The minimum Gasteiger partial charge on any atom is -0.858 e. The van der Waals surface area contributed by atoms with E-state index >= 15 is 0 Å². The van der Waals surface area contributed by atoms with Crippen molar-refractivity contribution < 1.29 is 23.9 Å². The third-order valence-electron chi connectivity index (χ3n) is 6.55. The van der Waals surface area contributed by atoms with Crippen LogP contribution in [0.25, 0.3) is 0 Å². The average Bonchev–Trinajstić information content (AvgIpc) is 3.42. The topological polar surface area (TPSA) is 118 Å². The van der Waals surface area contributed by atoms with Gasteiger partial charge in [-0.25, -0.2) is 4.99 Å². The molecule has 5 rings (SSSR count). The van der Waals surface area contributed by atoms with Crippen molar-refractivity contribution in [3.63, 3.8) is 0 Å². The number of rotatable bonds is 8. The maximum absolute atomic E-state index is 13.8. The van der Waals surface area contributed by atoms with Crippen LogP contribution in [0.2, 0.25) is 0 Å². The van der Waals surface area contributed by atoms with E-state index in [1.165, 1.54) is 9.58 Å². The maximum Gasteiger partial charge on any atom is 0.325 e. The second kappa shape index (κ2) is 12.1. The highest BCUT2D eigenvalue weighted by atomic mass is 127. The molecule has 41 heavy (non-hydrogen) atoms. The Balaban J connectivity index is 1.46. The van der Waals surface area contributed by atoms with E-state index < -0.39 is 11.9 Å². The maximum atomic E-state index is 13.8. The fraction of sp³-hybridized carbons (Fsp3) is 0.172. The lowest BCUT2D eigenvalue weighted by Gasteiger charge is -2.22. The molecule has 1 N–H and O–H groups in total. The van der Waals surface area contributed by atoms with Crippen molar-refractivity contribution in [2.45, 2.75) is 25.9 Å². The highest BCUT2D eigenvalue weighted by Gasteiger charge is 2.46. The zero-order chi connectivity index (χ0) is 29.1. The van der Waals surface area contributed by atoms with Crippen LogP contribution in [0.3, 0.4) is 0 Å². The highest BCUT2D eigenvalue weighted by molar-refractivity contribution is 14.1. The van der Waals surface area contributed by atoms with Crippen LogP contribution in [0.4, 0.5) is 17.3 Å². The van der Waals surface area contributed by atoms with Gasteiger partial charge in [-0.1, -0.05) is 48.0 Å². The summed E-state index contributed by atoms with van der Waals surface area (Å²) in [6.07, 6.45) is -0.155. The monoisotopic (exact) mass is 680 g/mol. The van der Waals surface area contributed by atoms with Crippen molar-refractivity contribution in [3.05, 3.63) is 99.3 Å². The third-order valence-corrected chi connectivity index (χ3v) is 7.69. The molecule has 2 amide bonds. The molecule has 0 radical (unpaired) electrons. The van der Waals surface area contributed by atoms with Crippen LogP contribution >= 0.6 is 34.8 Å². The molecule has 12 heteroatoms. The normalized spacial score (nSPS) is 15.5. The summed E-state index contributed by atoms with van der Waals surface area (Å²) in [5.74, 6) is -1.19. The smallest absolute Gasteiger partial charge is 0.325 e. The number of nitrogens with zero attached hydrogens (tertiary/aromatic N) is 5. The zero-order valence-electron chi connectivity index (χ0n) is 22.2. The summed E-state index contributed by atoms with van der Waals surface area (Å²) >= 11 is 7.98. The van der Waals surface area contributed by atoms with E-state index in [1.54, 1.807) is 54.4 Å². The van der Waals surface area contributed by atoms with Gasteiger partial charge >= 0.3 is 5.88 Å². The molecular weight excluding hydrogens is 655 g/mol. The minimum absolute atomic E-state index is 0.00696. The van der Waals surface area contributed by atoms with Crippen molar-refractivity contribution in [3.8, 4) is 0 Å². The first kappa shape index (κ1) is 28.4. The molecule has 2 heterocycles. The van der Waals surface area contributed by atoms with Crippen molar-refractivity contribution in [1.29, 1.82) is 0 Å². The van der Waals surface area contributed by atoms with Crippen LogP contribution in [0.5, 0.6) is 0 Å². The lowest BCUT2D eigenvalue weighted by Crippen LogP contribution is -2.42. The molecule has 1 atom stereocenters. The lowest BCUT2D eigenvalue weighted by molar-refractivity contribution is -0.746. The predicted molar refractivity (Wildman–Crippen MR) is 163 cm³/mol. The molecule has 0 bridgehead atoms. The van der Waals surface area contributed by atoms with Crippen LogP contribution in [0.15, 0.2) is 88.4 Å². The van der Waals surface area contributed by atoms with E-state index in [2.05, 4.69) is 38.2 Å². The quantitative estimate of drug-likeness (QED) is 0.0998. The first-order valence-electron chi connectivity index (χ1n) is 12.6. The molecule has 1 aliphatic rings. The van der Waals surface area contributed by atoms with Gasteiger partial charge < -0.3 is 15.3 Å². The van der Waals surface area contributed by atoms with Crippen molar-refractivity contribution in [2.75, 3.05) is 10.2 Å². The standard InChI is InChI=1S/C29H25IN6O4S/c1-18-8-14-22(15-9-18)36-28(39)23(16-25(37)31-21-12-10-20(30)11-13-21)35(29(36)41)17-24-27(40-33-34(24)2)32-26(38)19-6-4-3-5-7-19/h3-15,23H,16-17H2,1-2H3,(H-,31,32,33,37,38). The molecule has 3 aromatic carbocycles. The molecule has 0 saturated carbocycles. The van der Waals surface area contributed by atoms with E-state index in [0.717, 1.165) is 9.13 Å². The Labute approximate surface area is 255 Å². The van der Waals surface area contributed by atoms with E-state index in [1.807, 2.05) is 43.3 Å². The molecule has 4 aromatic rings. The summed E-state index contributed by atoms with van der Waals surface area (Å²) in [7, 11) is 1.64. The molecule has 0 spiro atoms. The fourth-order valence-electron chi connectivity index (χ4n) is 4.36. The number of anilines is 2. The van der Waals surface area contributed by atoms with Gasteiger partial charge in [-0.15, -0.1) is 0 Å². The van der Waals surface area contributed by atoms with Crippen molar-refractivity contribution in [2.24, 2.45) is 12.0 Å². The molecule has 208 valence electrons. The Hall–Kier alpha value is -4.17. The van der Waals surface area contributed by atoms with Gasteiger partial charge in [-0.2, -0.15) is 0 Å². The summed E-state index contributed by atoms with van der Waals surface area (Å²) in [5, 5.41) is 19.8. The van der Waals surface area contributed by atoms with E-state index in [4.69, 9.17) is 16.7 Å². The number of halogens is 1. The molecule has 10 nitrogen and oxygen atoms in total. The fourth-order valence-corrected chi connectivity index (χ4v) is 5.11. The van der Waals surface area contributed by atoms with Gasteiger partial charge in [0.25, 0.3) is 11.6 Å². The van der Waals surface area contributed by atoms with E-state index in [-0.39, 0.29) is 35.8 Å². The molecule has 1 aromatic heterocycles. The number of nitrogens with one attached hydrogen (secondary N) is 1. The van der Waals surface area contributed by atoms with Gasteiger partial charge in [0, 0.05) is 9.26 Å². The SMILES string of the molecule is Cc1ccc(N2C(=O)C(CC(=O)Nc3ccc(I)cc3)N(Cc3c(/N=C(\[O-])c4ccccc4)on[n+]3C)C2=S)cc1. The molecular formula is C29H25IN6O4S. The number of aliphatic imine (C=N–C) groups is 1. The summed E-state index contributed by atoms with van der Waals surface area (Å²) in [5.41, 5.74) is 3.05. The van der Waals surface area contributed by atoms with Gasteiger partial charge in [-0.3, -0.25) is 19.0 Å². The average molecular weight is 681 g/mol. The first-order valence-corrected chi connectivity index (χ1v) is 14.1. The van der Waals surface area contributed by atoms with Gasteiger partial charge in [0.2, 0.25) is 11.2 Å². The summed E-state index contributed by atoms with van der Waals surface area (Å²) < 4.78 is 7.83. The Kier molecular flexibility index (Phi) is 8.40. The van der Waals surface area contributed by atoms with Crippen molar-refractivity contribution >= 4 is 74.9 Å². The van der Waals surface area contributed by atoms with Gasteiger partial charge in [0.1, 0.15) is 12.6 Å².